The average molecular weight is 375 g/mol. The summed E-state index contributed by atoms with van der Waals surface area (Å²) in [5.74, 6) is 5.68. The first-order valence-corrected chi connectivity index (χ1v) is 8.51. The van der Waals surface area contributed by atoms with E-state index in [0.717, 1.165) is 0 Å². The Kier molecular flexibility index (Phi) is 5.50. The number of nitrogens with one attached hydrogen (secondary N) is 1. The van der Waals surface area contributed by atoms with E-state index in [1.54, 1.807) is 36.1 Å². The number of fused-ring (bicyclic) bond motifs is 1. The third-order valence-corrected chi connectivity index (χ3v) is 4.38. The van der Waals surface area contributed by atoms with Gasteiger partial charge < -0.3 is 20.3 Å². The Morgan fingerprint density at radius 1 is 1.21 bits per heavy atom. The van der Waals surface area contributed by atoms with Gasteiger partial charge in [0.1, 0.15) is 11.7 Å². The summed E-state index contributed by atoms with van der Waals surface area (Å²) in [4.78, 5) is 24.6. The van der Waals surface area contributed by atoms with E-state index in [9.17, 15) is 14.8 Å². The van der Waals surface area contributed by atoms with E-state index in [0.29, 0.717) is 28.6 Å². The van der Waals surface area contributed by atoms with Crippen LogP contribution in [-0.4, -0.2) is 52.2 Å². The molecule has 3 N–H and O–H groups in total. The lowest BCUT2D eigenvalue weighted by Crippen LogP contribution is -2.52. The van der Waals surface area contributed by atoms with Gasteiger partial charge in [-0.15, -0.1) is 12.8 Å². The molecule has 8 nitrogen and oxygen atoms in total. The van der Waals surface area contributed by atoms with Crippen LogP contribution < -0.4 is 20.6 Å². The van der Waals surface area contributed by atoms with Gasteiger partial charge in [0.2, 0.25) is 11.9 Å². The molecule has 1 aromatic heterocycles. The molecule has 0 unspecified atom stereocenters. The summed E-state index contributed by atoms with van der Waals surface area (Å²) in [6.07, 6.45) is 12.4. The van der Waals surface area contributed by atoms with Crippen molar-refractivity contribution < 1.29 is 14.8 Å². The van der Waals surface area contributed by atoms with E-state index >= 15 is 0 Å². The number of carbonyl (C=O) groups is 1. The highest BCUT2D eigenvalue weighted by atomic mass is 16.4. The van der Waals surface area contributed by atoms with E-state index in [1.165, 1.54) is 11.1 Å². The Labute approximate surface area is 163 Å². The highest BCUT2D eigenvalue weighted by molar-refractivity contribution is 6.58. The van der Waals surface area contributed by atoms with Crippen molar-refractivity contribution in [3.63, 3.8) is 0 Å². The first-order valence-electron chi connectivity index (χ1n) is 8.51. The quantitative estimate of drug-likeness (QED) is 0.488. The third kappa shape index (κ3) is 3.62. The van der Waals surface area contributed by atoms with Crippen LogP contribution in [0, 0.1) is 24.7 Å². The molecule has 0 aliphatic carbocycles. The van der Waals surface area contributed by atoms with Gasteiger partial charge in [0.15, 0.2) is 5.82 Å². The molecule has 1 aromatic carbocycles. The molecule has 1 atom stereocenters. The fourth-order valence-electron chi connectivity index (χ4n) is 2.92. The zero-order chi connectivity index (χ0) is 20.3. The molecule has 0 saturated carbocycles. The number of anilines is 4. The number of hydrogen-bond donors (Lipinski definition) is 3. The van der Waals surface area contributed by atoms with Gasteiger partial charge in [0.25, 0.3) is 0 Å². The van der Waals surface area contributed by atoms with Gasteiger partial charge in [-0.25, -0.2) is 4.98 Å². The van der Waals surface area contributed by atoms with Crippen LogP contribution >= 0.6 is 0 Å². The van der Waals surface area contributed by atoms with Gasteiger partial charge in [0.05, 0.1) is 19.3 Å². The van der Waals surface area contributed by atoms with Crippen LogP contribution in [0.15, 0.2) is 30.5 Å². The normalized spacial score (nSPS) is 15.5. The van der Waals surface area contributed by atoms with Crippen LogP contribution in [0.1, 0.15) is 6.92 Å². The Morgan fingerprint density at radius 3 is 2.50 bits per heavy atom. The molecule has 2 heterocycles. The summed E-state index contributed by atoms with van der Waals surface area (Å²) in [5, 5.41) is 21.4. The zero-order valence-electron chi connectivity index (χ0n) is 15.2. The lowest BCUT2D eigenvalue weighted by Gasteiger charge is -2.38. The first kappa shape index (κ1) is 19.2. The number of amides is 1. The van der Waals surface area contributed by atoms with Crippen molar-refractivity contribution in [1.82, 2.24) is 9.97 Å². The maximum absolute atomic E-state index is 12.6. The molecule has 140 valence electrons. The minimum absolute atomic E-state index is 0.112. The number of terminal acetylenes is 2. The van der Waals surface area contributed by atoms with Crippen molar-refractivity contribution in [3.8, 4) is 24.7 Å². The van der Waals surface area contributed by atoms with Crippen molar-refractivity contribution in [2.24, 2.45) is 0 Å². The Morgan fingerprint density at radius 2 is 1.89 bits per heavy atom. The van der Waals surface area contributed by atoms with Gasteiger partial charge in [-0.3, -0.25) is 9.69 Å². The molecule has 0 bridgehead atoms. The second-order valence-corrected chi connectivity index (χ2v) is 6.16. The average Bonchev–Trinajstić information content (AvgIpc) is 2.69. The Hall–Kier alpha value is -3.53. The number of nitrogens with zero attached hydrogens (tertiary/aromatic N) is 4. The Balaban J connectivity index is 1.95. The molecule has 9 heteroatoms. The minimum atomic E-state index is -1.53. The SMILES string of the molecule is C#CCN1C(=O)[C@@H](C)N(CC#C)c2nc(Nc3ccc(B(O)O)cc3)ncc21. The number of rotatable bonds is 5. The predicted molar refractivity (Wildman–Crippen MR) is 108 cm³/mol. The smallest absolute Gasteiger partial charge is 0.423 e. The molecular formula is C19H18BN5O3. The van der Waals surface area contributed by atoms with Gasteiger partial charge in [-0.2, -0.15) is 4.98 Å². The van der Waals surface area contributed by atoms with Crippen LogP contribution in [0.5, 0.6) is 0 Å². The highest BCUT2D eigenvalue weighted by Gasteiger charge is 2.36. The molecule has 28 heavy (non-hydrogen) atoms. The second kappa shape index (κ2) is 8.01. The summed E-state index contributed by atoms with van der Waals surface area (Å²) in [7, 11) is -1.53. The first-order chi connectivity index (χ1) is 13.5. The molecule has 1 aliphatic rings. The summed E-state index contributed by atoms with van der Waals surface area (Å²) in [6.45, 7) is 2.07. The van der Waals surface area contributed by atoms with Gasteiger partial charge >= 0.3 is 7.12 Å². The standard InChI is InChI=1S/C19H18BN5O3/c1-4-10-24-13(3)18(26)25(11-5-2)16-12-21-19(23-17(16)24)22-15-8-6-14(7-9-15)20(27)28/h1-2,6-9,12-13,27-28H,10-11H2,3H3,(H,21,22,23)/t13-/m1/s1. The summed E-state index contributed by atoms with van der Waals surface area (Å²) >= 11 is 0. The van der Waals surface area contributed by atoms with E-state index in [1.807, 2.05) is 0 Å². The van der Waals surface area contributed by atoms with E-state index in [-0.39, 0.29) is 19.0 Å². The van der Waals surface area contributed by atoms with Gasteiger partial charge in [-0.1, -0.05) is 24.0 Å². The molecule has 0 fully saturated rings. The fraction of sp³-hybridized carbons (Fsp3) is 0.211. The lowest BCUT2D eigenvalue weighted by atomic mass is 9.80. The molecule has 0 saturated heterocycles. The van der Waals surface area contributed by atoms with Crippen molar-refractivity contribution >= 4 is 41.6 Å². The molecule has 2 aromatic rings. The Bertz CT molecular complexity index is 965. The number of carbonyl (C=O) groups excluding carboxylic acids is 1. The maximum atomic E-state index is 12.6. The number of benzene rings is 1. The van der Waals surface area contributed by atoms with Crippen LogP contribution in [0.4, 0.5) is 23.1 Å². The minimum Gasteiger partial charge on any atom is -0.423 e. The van der Waals surface area contributed by atoms with Crippen LogP contribution in [0.3, 0.4) is 0 Å². The highest BCUT2D eigenvalue weighted by Crippen LogP contribution is 2.34. The van der Waals surface area contributed by atoms with E-state index in [4.69, 9.17) is 12.8 Å². The summed E-state index contributed by atoms with van der Waals surface area (Å²) in [6, 6.07) is 5.99. The monoisotopic (exact) mass is 375 g/mol. The van der Waals surface area contributed by atoms with Crippen molar-refractivity contribution in [2.75, 3.05) is 28.2 Å². The maximum Gasteiger partial charge on any atom is 0.488 e. The lowest BCUT2D eigenvalue weighted by molar-refractivity contribution is -0.119. The van der Waals surface area contributed by atoms with Gasteiger partial charge in [-0.05, 0) is 24.5 Å². The van der Waals surface area contributed by atoms with E-state index < -0.39 is 13.2 Å². The van der Waals surface area contributed by atoms with Gasteiger partial charge in [0, 0.05) is 5.69 Å². The topological polar surface area (TPSA) is 102 Å². The molecule has 3 rings (SSSR count). The molecule has 0 radical (unpaired) electrons. The van der Waals surface area contributed by atoms with Crippen LogP contribution in [0.25, 0.3) is 0 Å². The third-order valence-electron chi connectivity index (χ3n) is 4.38. The zero-order valence-corrected chi connectivity index (χ0v) is 15.2. The van der Waals surface area contributed by atoms with E-state index in [2.05, 4.69) is 27.1 Å². The largest absolute Gasteiger partial charge is 0.488 e. The number of aromatic nitrogens is 2. The molecule has 0 spiro atoms. The summed E-state index contributed by atoms with van der Waals surface area (Å²) in [5.41, 5.74) is 1.53. The van der Waals surface area contributed by atoms with Crippen molar-refractivity contribution in [2.45, 2.75) is 13.0 Å². The molecular weight excluding hydrogens is 357 g/mol. The van der Waals surface area contributed by atoms with Crippen molar-refractivity contribution in [1.29, 1.82) is 0 Å². The fourth-order valence-corrected chi connectivity index (χ4v) is 2.92. The van der Waals surface area contributed by atoms with Crippen LogP contribution in [0.2, 0.25) is 0 Å². The molecule has 1 aliphatic heterocycles. The summed E-state index contributed by atoms with van der Waals surface area (Å²) < 4.78 is 0. The molecule has 1 amide bonds. The predicted octanol–water partition coefficient (Wildman–Crippen LogP) is -0.292. The van der Waals surface area contributed by atoms with Crippen LogP contribution in [-0.2, 0) is 4.79 Å². The number of hydrogen-bond acceptors (Lipinski definition) is 7. The van der Waals surface area contributed by atoms with Crippen molar-refractivity contribution in [3.05, 3.63) is 30.5 Å². The second-order valence-electron chi connectivity index (χ2n) is 6.16.